The Labute approximate surface area is 346 Å². The van der Waals surface area contributed by atoms with Gasteiger partial charge in [-0.3, -0.25) is 23.4 Å². The van der Waals surface area contributed by atoms with Gasteiger partial charge in [0.25, 0.3) is 0 Å². The highest BCUT2D eigenvalue weighted by molar-refractivity contribution is 7.47. The molecule has 57 heavy (non-hydrogen) atoms. The minimum Gasteiger partial charge on any atom is -0.462 e. The number of phosphoric acid groups is 1. The van der Waals surface area contributed by atoms with E-state index in [9.17, 15) is 28.9 Å². The number of allylic oxidation sites excluding steroid dienone is 4. The van der Waals surface area contributed by atoms with Crippen molar-refractivity contribution >= 4 is 25.5 Å². The van der Waals surface area contributed by atoms with E-state index in [4.69, 9.17) is 19.1 Å². The summed E-state index contributed by atoms with van der Waals surface area (Å²) in [4.78, 5) is 46.8. The topological polar surface area (TPSA) is 166 Å². The number of esters is 2. The van der Waals surface area contributed by atoms with Gasteiger partial charge in [0.15, 0.2) is 11.9 Å². The molecule has 0 fully saturated rings. The summed E-state index contributed by atoms with van der Waals surface area (Å²) in [5.41, 5.74) is 0. The fourth-order valence-electron chi connectivity index (χ4n) is 6.19. The predicted molar refractivity (Wildman–Crippen MR) is 229 cm³/mol. The maximum absolute atomic E-state index is 12.6. The monoisotopic (exact) mass is 831 g/mol. The quantitative estimate of drug-likeness (QED) is 0.0176. The second-order valence-electron chi connectivity index (χ2n) is 15.7. The number of hydrogen-bond acceptors (Lipinski definition) is 10. The Morgan fingerprint density at radius 1 is 0.632 bits per heavy atom. The van der Waals surface area contributed by atoms with Crippen molar-refractivity contribution in [2.75, 3.05) is 26.4 Å². The minimum absolute atomic E-state index is 0.166. The Kier molecular flexibility index (Phi) is 38.3. The first kappa shape index (κ1) is 55.1. The summed E-state index contributed by atoms with van der Waals surface area (Å²) >= 11 is 0. The number of rotatable bonds is 42. The lowest BCUT2D eigenvalue weighted by atomic mass is 9.99. The molecule has 0 aliphatic heterocycles. The molecule has 0 radical (unpaired) electrons. The van der Waals surface area contributed by atoms with Crippen LogP contribution >= 0.6 is 7.82 Å². The van der Waals surface area contributed by atoms with Crippen molar-refractivity contribution < 1.29 is 52.6 Å². The molecule has 0 saturated carbocycles. The normalized spacial score (nSPS) is 14.5. The van der Waals surface area contributed by atoms with Gasteiger partial charge in [0.2, 0.25) is 0 Å². The summed E-state index contributed by atoms with van der Waals surface area (Å²) in [6.45, 7) is 4.56. The number of aliphatic hydroxyl groups excluding tert-OH is 2. The van der Waals surface area contributed by atoms with Crippen molar-refractivity contribution in [3.05, 3.63) is 24.3 Å². The van der Waals surface area contributed by atoms with Gasteiger partial charge in [-0.1, -0.05) is 167 Å². The van der Waals surface area contributed by atoms with Gasteiger partial charge >= 0.3 is 19.8 Å². The van der Waals surface area contributed by atoms with Crippen LogP contribution in [0.25, 0.3) is 0 Å². The molecule has 0 amide bonds. The zero-order valence-electron chi connectivity index (χ0n) is 36.2. The van der Waals surface area contributed by atoms with Crippen molar-refractivity contribution in [2.45, 2.75) is 213 Å². The molecular formula is C45H83O11P. The summed E-state index contributed by atoms with van der Waals surface area (Å²) < 4.78 is 32.7. The summed E-state index contributed by atoms with van der Waals surface area (Å²) in [5.74, 6) is 0.0551. The van der Waals surface area contributed by atoms with Gasteiger partial charge in [-0.05, 0) is 44.1 Å². The minimum atomic E-state index is -4.63. The fraction of sp³-hybridized carbons (Fsp3) is 0.844. The van der Waals surface area contributed by atoms with E-state index in [1.165, 1.54) is 77.0 Å². The maximum atomic E-state index is 12.6. The number of ether oxygens (including phenoxy) is 2. The van der Waals surface area contributed by atoms with Crippen molar-refractivity contribution in [1.82, 2.24) is 0 Å². The molecule has 0 aromatic carbocycles. The molecule has 0 rings (SSSR count). The molecule has 0 bridgehead atoms. The largest absolute Gasteiger partial charge is 0.472 e. The number of unbranched alkanes of at least 4 members (excludes halogenated alkanes) is 20. The molecule has 11 nitrogen and oxygen atoms in total. The van der Waals surface area contributed by atoms with Crippen LogP contribution in [0.2, 0.25) is 0 Å². The van der Waals surface area contributed by atoms with Crippen LogP contribution in [0.1, 0.15) is 201 Å². The summed E-state index contributed by atoms with van der Waals surface area (Å²) in [7, 11) is -4.63. The number of phosphoric ester groups is 1. The maximum Gasteiger partial charge on any atom is 0.472 e. The number of ketones is 1. The lowest BCUT2D eigenvalue weighted by molar-refractivity contribution is -0.161. The molecule has 2 unspecified atom stereocenters. The van der Waals surface area contributed by atoms with Crippen LogP contribution < -0.4 is 0 Å². The SMILES string of the molecule is CCCCCC(=O)/C=C/C=C\CCCCCCCC(=O)OC[C@H](COP(=O)(O)OC[C@@H](O)CO)OC(=O)CCCCCCCCCCCCCCCCC(C)CC. The molecule has 0 aliphatic carbocycles. The van der Waals surface area contributed by atoms with Gasteiger partial charge in [-0.15, -0.1) is 0 Å². The van der Waals surface area contributed by atoms with E-state index in [0.29, 0.717) is 19.3 Å². The van der Waals surface area contributed by atoms with Crippen LogP contribution in [-0.2, 0) is 37.5 Å². The van der Waals surface area contributed by atoms with Gasteiger partial charge in [0.05, 0.1) is 19.8 Å². The van der Waals surface area contributed by atoms with Crippen LogP contribution in [0.4, 0.5) is 0 Å². The molecule has 4 atom stereocenters. The molecule has 334 valence electrons. The summed E-state index contributed by atoms with van der Waals surface area (Å²) in [6, 6.07) is 0. The van der Waals surface area contributed by atoms with Crippen molar-refractivity contribution in [3.63, 3.8) is 0 Å². The van der Waals surface area contributed by atoms with E-state index >= 15 is 0 Å². The third-order valence-corrected chi connectivity index (χ3v) is 11.1. The van der Waals surface area contributed by atoms with E-state index in [-0.39, 0.29) is 25.2 Å². The molecular weight excluding hydrogens is 747 g/mol. The third kappa shape index (κ3) is 39.4. The van der Waals surface area contributed by atoms with Crippen LogP contribution in [0.15, 0.2) is 24.3 Å². The highest BCUT2D eigenvalue weighted by Gasteiger charge is 2.27. The predicted octanol–water partition coefficient (Wildman–Crippen LogP) is 11.2. The van der Waals surface area contributed by atoms with E-state index < -0.39 is 51.8 Å². The first-order valence-electron chi connectivity index (χ1n) is 22.6. The van der Waals surface area contributed by atoms with E-state index in [2.05, 4.69) is 31.4 Å². The van der Waals surface area contributed by atoms with Gasteiger partial charge < -0.3 is 24.6 Å². The fourth-order valence-corrected chi connectivity index (χ4v) is 6.98. The van der Waals surface area contributed by atoms with Crippen molar-refractivity contribution in [1.29, 1.82) is 0 Å². The number of aliphatic hydroxyl groups is 2. The molecule has 0 spiro atoms. The van der Waals surface area contributed by atoms with Crippen LogP contribution in [-0.4, -0.2) is 71.5 Å². The molecule has 0 saturated heterocycles. The van der Waals surface area contributed by atoms with Gasteiger partial charge in [-0.2, -0.15) is 0 Å². The van der Waals surface area contributed by atoms with E-state index in [1.54, 1.807) is 12.2 Å². The zero-order valence-corrected chi connectivity index (χ0v) is 37.1. The molecule has 0 heterocycles. The molecule has 3 N–H and O–H groups in total. The number of hydrogen-bond donors (Lipinski definition) is 3. The highest BCUT2D eigenvalue weighted by atomic mass is 31.2. The van der Waals surface area contributed by atoms with Crippen LogP contribution in [0.3, 0.4) is 0 Å². The Morgan fingerprint density at radius 2 is 1.14 bits per heavy atom. The second kappa shape index (κ2) is 39.6. The standard InChI is InChI=1S/C45H83O11P/c1-4-6-26-32-41(47)33-28-23-19-15-13-17-20-24-29-34-44(49)53-38-43(39-55-57(51,52)54-37-42(48)36-46)56-45(50)35-30-25-21-16-12-10-8-7-9-11-14-18-22-27-31-40(3)5-2/h19,23,28,33,40,42-43,46,48H,4-18,20-22,24-27,29-32,34-39H2,1-3H3,(H,51,52)/b23-19-,33-28+/t40?,42-,43+/m0/s1. The average Bonchev–Trinajstić information content (AvgIpc) is 3.19. The number of carbonyl (C=O) groups is 3. The lowest BCUT2D eigenvalue weighted by Gasteiger charge is -2.20. The third-order valence-electron chi connectivity index (χ3n) is 10.1. The Hall–Kier alpha value is -1.88. The first-order chi connectivity index (χ1) is 27.5. The van der Waals surface area contributed by atoms with Crippen LogP contribution in [0, 0.1) is 5.92 Å². The van der Waals surface area contributed by atoms with E-state index in [0.717, 1.165) is 76.5 Å². The Balaban J connectivity index is 4.31. The van der Waals surface area contributed by atoms with Crippen LogP contribution in [0.5, 0.6) is 0 Å². The van der Waals surface area contributed by atoms with E-state index in [1.807, 2.05) is 6.08 Å². The van der Waals surface area contributed by atoms with Gasteiger partial charge in [0.1, 0.15) is 12.7 Å². The molecule has 12 heteroatoms. The lowest BCUT2D eigenvalue weighted by Crippen LogP contribution is -2.29. The smallest absolute Gasteiger partial charge is 0.462 e. The summed E-state index contributed by atoms with van der Waals surface area (Å²) in [5, 5.41) is 18.3. The zero-order chi connectivity index (χ0) is 42.2. The van der Waals surface area contributed by atoms with Gasteiger partial charge in [-0.25, -0.2) is 4.57 Å². The van der Waals surface area contributed by atoms with Gasteiger partial charge in [0, 0.05) is 19.3 Å². The molecule has 0 aliphatic rings. The summed E-state index contributed by atoms with van der Waals surface area (Å²) in [6.07, 6.45) is 34.0. The highest BCUT2D eigenvalue weighted by Crippen LogP contribution is 2.43. The Bertz CT molecular complexity index is 1080. The van der Waals surface area contributed by atoms with Crippen molar-refractivity contribution in [2.24, 2.45) is 5.92 Å². The molecule has 0 aromatic heterocycles. The second-order valence-corrected chi connectivity index (χ2v) is 17.2. The molecule has 0 aromatic rings. The Morgan fingerprint density at radius 3 is 1.70 bits per heavy atom. The number of carbonyl (C=O) groups excluding carboxylic acids is 3. The van der Waals surface area contributed by atoms with Crippen molar-refractivity contribution in [3.8, 4) is 0 Å². The first-order valence-corrected chi connectivity index (χ1v) is 24.1. The average molecular weight is 831 g/mol.